The number of H-pyrrole nitrogens is 2. The van der Waals surface area contributed by atoms with Crippen molar-refractivity contribution in [2.45, 2.75) is 165 Å². The van der Waals surface area contributed by atoms with Crippen molar-refractivity contribution in [1.29, 1.82) is 0 Å². The van der Waals surface area contributed by atoms with E-state index in [9.17, 15) is 57.8 Å². The number of carbonyl (C=O) groups excluding carboxylic acids is 11. The van der Waals surface area contributed by atoms with Crippen LogP contribution in [0.1, 0.15) is 108 Å². The molecule has 2 fully saturated rings. The Hall–Kier alpha value is -9.10. The number of benzene rings is 2. The molecule has 2 aromatic heterocycles. The lowest BCUT2D eigenvalue weighted by Crippen LogP contribution is -2.61. The third-order valence-corrected chi connectivity index (χ3v) is 15.9. The molecule has 30 nitrogen and oxygen atoms in total. The number of para-hydroxylation sites is 1. The number of carbonyl (C=O) groups is 11. The van der Waals surface area contributed by atoms with E-state index in [4.69, 9.17) is 17.2 Å². The Labute approximate surface area is 538 Å². The molecule has 0 radical (unpaired) electrons. The molecule has 4 aromatic rings. The summed E-state index contributed by atoms with van der Waals surface area (Å²) < 4.78 is 2.78. The third kappa shape index (κ3) is 22.7. The molecule has 19 N–H and O–H groups in total. The molecule has 0 bridgehead atoms. The van der Waals surface area contributed by atoms with Crippen LogP contribution in [-0.4, -0.2) is 183 Å². The quantitative estimate of drug-likeness (QED) is 0.00968. The molecule has 11 amide bonds. The highest BCUT2D eigenvalue weighted by Gasteiger charge is 2.40. The minimum absolute atomic E-state index is 0.0217. The van der Waals surface area contributed by atoms with Crippen molar-refractivity contribution in [3.05, 3.63) is 90.1 Å². The van der Waals surface area contributed by atoms with E-state index in [1.807, 2.05) is 32.0 Å². The van der Waals surface area contributed by atoms with Crippen LogP contribution >= 0.6 is 12.8 Å². The molecule has 2 aliphatic rings. The van der Waals surface area contributed by atoms with Crippen molar-refractivity contribution in [1.82, 2.24) is 72.4 Å². The van der Waals surface area contributed by atoms with Gasteiger partial charge >= 0.3 is 0 Å². The zero-order chi connectivity index (χ0) is 66.7. The number of nitrogens with one attached hydrogen (secondary N) is 12. The number of hydrogen-bond acceptors (Lipinski definition) is 16. The van der Waals surface area contributed by atoms with Gasteiger partial charge < -0.3 is 85.0 Å². The Kier molecular flexibility index (Phi) is 28.7. The van der Waals surface area contributed by atoms with Gasteiger partial charge in [-0.05, 0) is 80.9 Å². The van der Waals surface area contributed by atoms with Gasteiger partial charge in [0.25, 0.3) is 0 Å². The Bertz CT molecular complexity index is 3180. The van der Waals surface area contributed by atoms with Crippen LogP contribution in [0.2, 0.25) is 0 Å². The molecule has 2 aliphatic heterocycles. The second-order valence-electron chi connectivity index (χ2n) is 23.3. The van der Waals surface area contributed by atoms with E-state index in [1.54, 1.807) is 42.6 Å². The predicted molar refractivity (Wildman–Crippen MR) is 343 cm³/mol. The molecule has 92 heavy (non-hydrogen) atoms. The molecule has 6 rings (SSSR count). The first-order valence-electron chi connectivity index (χ1n) is 31.0. The highest BCUT2D eigenvalue weighted by molar-refractivity contribution is 7.78. The smallest absolute Gasteiger partial charge is 0.245 e. The first-order chi connectivity index (χ1) is 44.1. The van der Waals surface area contributed by atoms with Crippen molar-refractivity contribution in [3.8, 4) is 0 Å². The van der Waals surface area contributed by atoms with E-state index >= 15 is 0 Å². The highest BCUT2D eigenvalue weighted by atomic mass is 32.1. The molecule has 0 saturated carbocycles. The fourth-order valence-corrected chi connectivity index (χ4v) is 11.1. The van der Waals surface area contributed by atoms with E-state index in [-0.39, 0.29) is 102 Å². The number of hydrogen-bond donors (Lipinski definition) is 17. The van der Waals surface area contributed by atoms with Crippen molar-refractivity contribution in [2.24, 2.45) is 28.1 Å². The molecule has 0 unspecified atom stereocenters. The van der Waals surface area contributed by atoms with Crippen LogP contribution in [0.5, 0.6) is 0 Å². The van der Waals surface area contributed by atoms with Gasteiger partial charge in [-0.1, -0.05) is 88.0 Å². The largest absolute Gasteiger partial charge is 0.396 e. The topological polar surface area (TPSA) is 466 Å². The summed E-state index contributed by atoms with van der Waals surface area (Å²) in [6.07, 6.45) is 6.86. The molecular weight excluding hydrogens is 1210 g/mol. The Morgan fingerprint density at radius 2 is 1.29 bits per heavy atom. The minimum atomic E-state index is -1.53. The summed E-state index contributed by atoms with van der Waals surface area (Å²) in [6.45, 7) is 3.38. The van der Waals surface area contributed by atoms with Gasteiger partial charge in [-0.2, -0.15) is 0 Å². The number of aliphatic hydroxyl groups is 1. The first-order valence-corrected chi connectivity index (χ1v) is 31.5. The molecule has 2 aromatic carbocycles. The van der Waals surface area contributed by atoms with Crippen molar-refractivity contribution in [2.75, 3.05) is 32.8 Å². The van der Waals surface area contributed by atoms with Crippen LogP contribution in [0.3, 0.4) is 0 Å². The standard InChI is InChI=1S/C61H88N18O12S/c1-35(2)27-45(55(86)74-44(18-11-23-66-61(63)64)60(91)79-25-12-19-49(79)59(90)68-33-50(62)81)75-52(83)41(17-7-4-10-24-70-92)72-56(87)46(28-36-13-5-3-6-14-36)76-54(85)43(22-26-80)73-57(88)47(29-37-31-67-40-16-9-8-15-39(37)40)77-58(89)48(30-38-32-65-34-69-38)78-53(84)42-20-21-51(82)71-42/h3,5-6,8-9,13-16,31-32,34-35,41-49,67,70,80,92H,4,7,10-12,17-30,33H2,1-2H3,(H2,62,81)(H,65,69)(H,68,90)(H,71,82)(H,72,87)(H,73,88)(H,74,86)(H,75,83)(H,76,85)(H,77,89)(H,78,84)(H4,63,64,66)/t41-,42+,43+,44+,45+,46+,47+,48+,49+/m1/s1. The molecule has 31 heteroatoms. The number of guanidine groups is 1. The van der Waals surface area contributed by atoms with E-state index in [2.05, 4.69) is 85.3 Å². The number of aliphatic hydroxyl groups excluding tert-OH is 1. The maximum absolute atomic E-state index is 14.9. The molecule has 2 saturated heterocycles. The number of thiol groups is 1. The number of aromatic amines is 2. The summed E-state index contributed by atoms with van der Waals surface area (Å²) >= 11 is 4.08. The van der Waals surface area contributed by atoms with Gasteiger partial charge in [-0.3, -0.25) is 62.5 Å². The van der Waals surface area contributed by atoms with Gasteiger partial charge in [0.2, 0.25) is 65.0 Å². The number of fused-ring (bicyclic) bond motifs is 1. The van der Waals surface area contributed by atoms with Gasteiger partial charge in [0.05, 0.1) is 12.9 Å². The lowest BCUT2D eigenvalue weighted by Gasteiger charge is -2.30. The van der Waals surface area contributed by atoms with Crippen LogP contribution in [0.15, 0.2) is 78.3 Å². The number of amides is 11. The summed E-state index contributed by atoms with van der Waals surface area (Å²) in [5.41, 5.74) is 18.8. The predicted octanol–water partition coefficient (Wildman–Crippen LogP) is -2.34. The number of nitrogens with zero attached hydrogens (tertiary/aromatic N) is 3. The van der Waals surface area contributed by atoms with E-state index < -0.39 is 127 Å². The van der Waals surface area contributed by atoms with Crippen LogP contribution < -0.4 is 69.8 Å². The van der Waals surface area contributed by atoms with E-state index in [0.29, 0.717) is 49.0 Å². The number of aromatic nitrogens is 3. The SMILES string of the molecule is CC(C)C[C@H](NC(=O)[C@@H](CCCCCNS)NC(=O)[C@H](Cc1ccccc1)NC(=O)[C@H](CCO)NC(=O)[C@H](Cc1c[nH]c2ccccc12)NC(=O)[C@H](Cc1cnc[nH]1)NC(=O)[C@@H]1CCC(=O)N1)C(=O)N[C@@H](CCCN=C(N)N)C(=O)N1CCC[C@H]1C(=O)NCC(N)=O. The summed E-state index contributed by atoms with van der Waals surface area (Å²) in [5, 5.41) is 35.5. The Morgan fingerprint density at radius 1 is 0.685 bits per heavy atom. The van der Waals surface area contributed by atoms with Crippen LogP contribution in [0, 0.1) is 5.92 Å². The van der Waals surface area contributed by atoms with Crippen molar-refractivity contribution in [3.63, 3.8) is 0 Å². The monoisotopic (exact) mass is 1300 g/mol. The molecular formula is C61H88N18O12S. The van der Waals surface area contributed by atoms with Crippen LogP contribution in [0.25, 0.3) is 10.9 Å². The van der Waals surface area contributed by atoms with Gasteiger partial charge in [0, 0.05) is 80.9 Å². The Morgan fingerprint density at radius 3 is 1.92 bits per heavy atom. The normalized spacial score (nSPS) is 16.8. The lowest BCUT2D eigenvalue weighted by molar-refractivity contribution is -0.142. The summed E-state index contributed by atoms with van der Waals surface area (Å²) in [7, 11) is 0. The number of rotatable bonds is 38. The van der Waals surface area contributed by atoms with Crippen molar-refractivity contribution >= 4 is 94.7 Å². The maximum atomic E-state index is 14.9. The summed E-state index contributed by atoms with van der Waals surface area (Å²) in [5.74, 6) is -8.19. The fraction of sp³-hybridized carbons (Fsp3) is 0.525. The second-order valence-corrected chi connectivity index (χ2v) is 23.7. The number of likely N-dealkylation sites (tertiary alicyclic amines) is 1. The Balaban J connectivity index is 1.25. The minimum Gasteiger partial charge on any atom is -0.396 e. The van der Waals surface area contributed by atoms with Gasteiger partial charge in [-0.15, -0.1) is 0 Å². The number of imidazole rings is 1. The van der Waals surface area contributed by atoms with Crippen LogP contribution in [0.4, 0.5) is 0 Å². The second kappa shape index (κ2) is 36.7. The van der Waals surface area contributed by atoms with E-state index in [0.717, 1.165) is 10.9 Å². The molecule has 9 atom stereocenters. The summed E-state index contributed by atoms with van der Waals surface area (Å²) in [6, 6.07) is 4.55. The molecule has 0 spiro atoms. The number of primary amides is 1. The third-order valence-electron chi connectivity index (χ3n) is 15.7. The summed E-state index contributed by atoms with van der Waals surface area (Å²) in [4.78, 5) is 168. The zero-order valence-electron chi connectivity index (χ0n) is 51.8. The van der Waals surface area contributed by atoms with Gasteiger partial charge in [-0.25, -0.2) is 4.98 Å². The maximum Gasteiger partial charge on any atom is 0.245 e. The number of unbranched alkanes of at least 4 members (excludes halogenated alkanes) is 2. The van der Waals surface area contributed by atoms with Gasteiger partial charge in [0.15, 0.2) is 5.96 Å². The number of nitrogens with two attached hydrogens (primary N) is 3. The fourth-order valence-electron chi connectivity index (χ4n) is 11.0. The molecule has 500 valence electrons. The van der Waals surface area contributed by atoms with Crippen LogP contribution in [-0.2, 0) is 72.0 Å². The number of aliphatic imine (C=N–C) groups is 1. The zero-order valence-corrected chi connectivity index (χ0v) is 52.7. The van der Waals surface area contributed by atoms with Crippen molar-refractivity contribution < 1.29 is 57.8 Å². The van der Waals surface area contributed by atoms with E-state index in [1.165, 1.54) is 17.4 Å². The average Bonchev–Trinajstić information content (AvgIpc) is 2.01. The molecule has 0 aliphatic carbocycles. The average molecular weight is 1300 g/mol. The lowest BCUT2D eigenvalue weighted by atomic mass is 10.00. The van der Waals surface area contributed by atoms with Gasteiger partial charge in [0.1, 0.15) is 54.4 Å². The first kappa shape index (κ1) is 72.0. The molecule has 4 heterocycles. The highest BCUT2D eigenvalue weighted by Crippen LogP contribution is 2.22.